The average molecular weight is 280 g/mol. The minimum Gasteiger partial charge on any atom is -0.341 e. The lowest BCUT2D eigenvalue weighted by atomic mass is 9.82. The second-order valence-electron chi connectivity index (χ2n) is 6.69. The molecule has 0 aromatic rings. The predicted molar refractivity (Wildman–Crippen MR) is 83.7 cm³/mol. The predicted octanol–water partition coefficient (Wildman–Crippen LogP) is 3.34. The van der Waals surface area contributed by atoms with Gasteiger partial charge in [-0.1, -0.05) is 26.2 Å². The van der Waals surface area contributed by atoms with Gasteiger partial charge in [0.15, 0.2) is 0 Å². The van der Waals surface area contributed by atoms with Gasteiger partial charge in [-0.25, -0.2) is 0 Å². The van der Waals surface area contributed by atoms with E-state index in [-0.39, 0.29) is 6.04 Å². The molecule has 20 heavy (non-hydrogen) atoms. The van der Waals surface area contributed by atoms with E-state index in [0.29, 0.717) is 11.9 Å². The van der Waals surface area contributed by atoms with Gasteiger partial charge in [-0.2, -0.15) is 0 Å². The quantitative estimate of drug-likeness (QED) is 0.837. The van der Waals surface area contributed by atoms with E-state index in [0.717, 1.165) is 25.4 Å². The van der Waals surface area contributed by atoms with Gasteiger partial charge in [0.05, 0.1) is 6.04 Å². The van der Waals surface area contributed by atoms with E-state index in [1.54, 1.807) is 0 Å². The maximum Gasteiger partial charge on any atom is 0.239 e. The molecule has 3 heteroatoms. The summed E-state index contributed by atoms with van der Waals surface area (Å²) in [6, 6.07) is 0.513. The number of hydrogen-bond donors (Lipinski definition) is 1. The molecular formula is C17H32N2O. The smallest absolute Gasteiger partial charge is 0.239 e. The summed E-state index contributed by atoms with van der Waals surface area (Å²) in [6.45, 7) is 6.24. The van der Waals surface area contributed by atoms with Crippen LogP contribution in [0.5, 0.6) is 0 Å². The largest absolute Gasteiger partial charge is 0.341 e. The van der Waals surface area contributed by atoms with Gasteiger partial charge in [-0.05, 0) is 51.4 Å². The fourth-order valence-electron chi connectivity index (χ4n) is 3.90. The van der Waals surface area contributed by atoms with Crippen LogP contribution in [0.15, 0.2) is 0 Å². The number of piperidine rings is 1. The molecule has 2 aliphatic rings. The van der Waals surface area contributed by atoms with E-state index in [4.69, 9.17) is 0 Å². The maximum absolute atomic E-state index is 12.5. The van der Waals surface area contributed by atoms with Gasteiger partial charge in [0.2, 0.25) is 5.91 Å². The first-order chi connectivity index (χ1) is 9.72. The van der Waals surface area contributed by atoms with E-state index < -0.39 is 0 Å². The van der Waals surface area contributed by atoms with Crippen molar-refractivity contribution in [1.82, 2.24) is 10.2 Å². The van der Waals surface area contributed by atoms with Crippen LogP contribution in [0.25, 0.3) is 0 Å². The third-order valence-corrected chi connectivity index (χ3v) is 5.16. The zero-order valence-corrected chi connectivity index (χ0v) is 13.4. The molecule has 1 saturated carbocycles. The summed E-state index contributed by atoms with van der Waals surface area (Å²) in [5.74, 6) is 1.10. The Morgan fingerprint density at radius 2 is 1.70 bits per heavy atom. The van der Waals surface area contributed by atoms with Crippen molar-refractivity contribution in [3.8, 4) is 0 Å². The number of nitrogens with one attached hydrogen (secondary N) is 1. The Morgan fingerprint density at radius 1 is 1.10 bits per heavy atom. The number of nitrogens with zero attached hydrogens (tertiary/aromatic N) is 1. The standard InChI is InChI=1S/C17H32N2O/c1-3-16(15-10-6-4-7-11-15)18-14(2)17(20)19-12-8-5-9-13-19/h14-16,18H,3-13H2,1-2H3. The molecule has 1 aliphatic carbocycles. The minimum absolute atomic E-state index is 0.0139. The highest BCUT2D eigenvalue weighted by Crippen LogP contribution is 2.28. The molecule has 1 heterocycles. The van der Waals surface area contributed by atoms with E-state index in [1.165, 1.54) is 51.4 Å². The van der Waals surface area contributed by atoms with Gasteiger partial charge >= 0.3 is 0 Å². The molecule has 2 atom stereocenters. The average Bonchev–Trinajstić information content (AvgIpc) is 2.53. The lowest BCUT2D eigenvalue weighted by molar-refractivity contribution is -0.134. The molecule has 1 aliphatic heterocycles. The number of hydrogen-bond acceptors (Lipinski definition) is 2. The lowest BCUT2D eigenvalue weighted by Gasteiger charge is -2.35. The summed E-state index contributed by atoms with van der Waals surface area (Å²) in [5.41, 5.74) is 0. The summed E-state index contributed by atoms with van der Waals surface area (Å²) in [7, 11) is 0. The number of amides is 1. The van der Waals surface area contributed by atoms with Crippen LogP contribution in [-0.2, 0) is 4.79 Å². The Bertz CT molecular complexity index is 293. The topological polar surface area (TPSA) is 32.3 Å². The van der Waals surface area contributed by atoms with Crippen molar-refractivity contribution in [2.45, 2.75) is 83.7 Å². The highest BCUT2D eigenvalue weighted by molar-refractivity contribution is 5.81. The Balaban J connectivity index is 1.83. The van der Waals surface area contributed by atoms with Crippen LogP contribution in [0.3, 0.4) is 0 Å². The SMILES string of the molecule is CCC(NC(C)C(=O)N1CCCCC1)C1CCCCC1. The van der Waals surface area contributed by atoms with Crippen LogP contribution >= 0.6 is 0 Å². The van der Waals surface area contributed by atoms with E-state index in [9.17, 15) is 4.79 Å². The number of carbonyl (C=O) groups excluding carboxylic acids is 1. The minimum atomic E-state index is -0.0139. The van der Waals surface area contributed by atoms with E-state index in [1.807, 2.05) is 0 Å². The van der Waals surface area contributed by atoms with Crippen molar-refractivity contribution in [2.24, 2.45) is 5.92 Å². The molecule has 3 nitrogen and oxygen atoms in total. The van der Waals surface area contributed by atoms with Crippen molar-refractivity contribution in [3.05, 3.63) is 0 Å². The molecule has 0 spiro atoms. The van der Waals surface area contributed by atoms with Gasteiger partial charge in [-0.3, -0.25) is 4.79 Å². The third-order valence-electron chi connectivity index (χ3n) is 5.16. The van der Waals surface area contributed by atoms with Crippen molar-refractivity contribution in [3.63, 3.8) is 0 Å². The van der Waals surface area contributed by atoms with Gasteiger partial charge in [0.25, 0.3) is 0 Å². The van der Waals surface area contributed by atoms with Crippen molar-refractivity contribution in [1.29, 1.82) is 0 Å². The lowest BCUT2D eigenvalue weighted by Crippen LogP contribution is -2.51. The molecule has 2 rings (SSSR count). The van der Waals surface area contributed by atoms with Gasteiger partial charge in [0.1, 0.15) is 0 Å². The molecule has 0 bridgehead atoms. The molecule has 116 valence electrons. The molecule has 2 unspecified atom stereocenters. The second-order valence-corrected chi connectivity index (χ2v) is 6.69. The number of rotatable bonds is 5. The molecule has 0 radical (unpaired) electrons. The third kappa shape index (κ3) is 4.21. The highest BCUT2D eigenvalue weighted by atomic mass is 16.2. The zero-order valence-electron chi connectivity index (χ0n) is 13.4. The number of likely N-dealkylation sites (tertiary alicyclic amines) is 1. The first-order valence-electron chi connectivity index (χ1n) is 8.77. The Hall–Kier alpha value is -0.570. The van der Waals surface area contributed by atoms with Gasteiger partial charge < -0.3 is 10.2 Å². The summed E-state index contributed by atoms with van der Waals surface area (Å²) in [5, 5.41) is 3.64. The second kappa shape index (κ2) is 8.02. The van der Waals surface area contributed by atoms with Crippen molar-refractivity contribution in [2.75, 3.05) is 13.1 Å². The normalized spacial score (nSPS) is 24.4. The van der Waals surface area contributed by atoms with Crippen LogP contribution in [-0.4, -0.2) is 36.0 Å². The van der Waals surface area contributed by atoms with Gasteiger partial charge in [0, 0.05) is 19.1 Å². The summed E-state index contributed by atoms with van der Waals surface area (Å²) in [4.78, 5) is 14.6. The van der Waals surface area contributed by atoms with Crippen LogP contribution in [0, 0.1) is 5.92 Å². The van der Waals surface area contributed by atoms with Crippen LogP contribution < -0.4 is 5.32 Å². The molecular weight excluding hydrogens is 248 g/mol. The summed E-state index contributed by atoms with van der Waals surface area (Å²) >= 11 is 0. The first kappa shape index (κ1) is 15.8. The monoisotopic (exact) mass is 280 g/mol. The molecule has 0 aromatic heterocycles. The first-order valence-corrected chi connectivity index (χ1v) is 8.77. The number of carbonyl (C=O) groups is 1. The Morgan fingerprint density at radius 3 is 2.30 bits per heavy atom. The van der Waals surface area contributed by atoms with Crippen LogP contribution in [0.2, 0.25) is 0 Å². The fraction of sp³-hybridized carbons (Fsp3) is 0.941. The molecule has 2 fully saturated rings. The maximum atomic E-state index is 12.5. The Labute approximate surface area is 124 Å². The fourth-order valence-corrected chi connectivity index (χ4v) is 3.90. The summed E-state index contributed by atoms with van der Waals surface area (Å²) < 4.78 is 0. The van der Waals surface area contributed by atoms with Crippen LogP contribution in [0.4, 0.5) is 0 Å². The van der Waals surface area contributed by atoms with E-state index >= 15 is 0 Å². The summed E-state index contributed by atoms with van der Waals surface area (Å²) in [6.07, 6.45) is 11.6. The molecule has 1 N–H and O–H groups in total. The molecule has 1 saturated heterocycles. The van der Waals surface area contributed by atoms with E-state index in [2.05, 4.69) is 24.1 Å². The highest BCUT2D eigenvalue weighted by Gasteiger charge is 2.27. The zero-order chi connectivity index (χ0) is 14.4. The van der Waals surface area contributed by atoms with Gasteiger partial charge in [-0.15, -0.1) is 0 Å². The molecule has 0 aromatic carbocycles. The van der Waals surface area contributed by atoms with Crippen molar-refractivity contribution >= 4 is 5.91 Å². The van der Waals surface area contributed by atoms with Crippen molar-refractivity contribution < 1.29 is 4.79 Å². The Kier molecular flexibility index (Phi) is 6.34. The van der Waals surface area contributed by atoms with Crippen LogP contribution in [0.1, 0.15) is 71.6 Å². The molecule has 1 amide bonds.